The highest BCUT2D eigenvalue weighted by atomic mass is 16.3. The van der Waals surface area contributed by atoms with Crippen molar-refractivity contribution in [3.8, 4) is 33.4 Å². The van der Waals surface area contributed by atoms with E-state index in [9.17, 15) is 0 Å². The number of hydrogen-bond donors (Lipinski definition) is 0. The lowest BCUT2D eigenvalue weighted by Crippen LogP contribution is -1.84. The second kappa shape index (κ2) is 7.55. The molecule has 0 aliphatic heterocycles. The topological polar surface area (TPSA) is 13.1 Å². The summed E-state index contributed by atoms with van der Waals surface area (Å²) in [7, 11) is 0. The molecule has 152 valence electrons. The number of hydrogen-bond acceptors (Lipinski definition) is 1. The molecular formula is C31H22O. The third-order valence-corrected chi connectivity index (χ3v) is 6.16. The van der Waals surface area contributed by atoms with E-state index in [1.165, 1.54) is 33.4 Å². The van der Waals surface area contributed by atoms with Crippen LogP contribution in [0.1, 0.15) is 5.56 Å². The number of fused-ring (bicyclic) bond motifs is 3. The van der Waals surface area contributed by atoms with E-state index in [0.29, 0.717) is 0 Å². The van der Waals surface area contributed by atoms with Crippen LogP contribution in [0.4, 0.5) is 0 Å². The molecule has 1 aromatic heterocycles. The third-order valence-electron chi connectivity index (χ3n) is 6.16. The van der Waals surface area contributed by atoms with Crippen LogP contribution in [0.5, 0.6) is 0 Å². The zero-order valence-corrected chi connectivity index (χ0v) is 17.9. The fourth-order valence-corrected chi connectivity index (χ4v) is 4.41. The molecule has 0 amide bonds. The first kappa shape index (κ1) is 18.7. The molecule has 0 atom stereocenters. The highest BCUT2D eigenvalue weighted by molar-refractivity contribution is 6.05. The van der Waals surface area contributed by atoms with Crippen LogP contribution < -0.4 is 0 Å². The second-order valence-corrected chi connectivity index (χ2v) is 8.34. The van der Waals surface area contributed by atoms with E-state index in [1.54, 1.807) is 0 Å². The molecule has 32 heavy (non-hydrogen) atoms. The van der Waals surface area contributed by atoms with Crippen LogP contribution in [0.25, 0.3) is 55.3 Å². The molecule has 0 unspecified atom stereocenters. The maximum Gasteiger partial charge on any atom is 0.136 e. The molecule has 0 saturated heterocycles. The quantitative estimate of drug-likeness (QED) is 0.284. The van der Waals surface area contributed by atoms with E-state index in [4.69, 9.17) is 4.42 Å². The van der Waals surface area contributed by atoms with Gasteiger partial charge in [0.2, 0.25) is 0 Å². The molecular weight excluding hydrogens is 388 g/mol. The van der Waals surface area contributed by atoms with Crippen molar-refractivity contribution in [2.24, 2.45) is 0 Å². The Hall–Kier alpha value is -4.10. The average molecular weight is 411 g/mol. The maximum atomic E-state index is 6.10. The predicted octanol–water partition coefficient (Wildman–Crippen LogP) is 8.90. The van der Waals surface area contributed by atoms with Crippen LogP contribution in [0.15, 0.2) is 120 Å². The molecule has 0 fully saturated rings. The summed E-state index contributed by atoms with van der Waals surface area (Å²) >= 11 is 0. The van der Waals surface area contributed by atoms with Crippen LogP contribution in [0, 0.1) is 6.92 Å². The molecule has 0 radical (unpaired) electrons. The second-order valence-electron chi connectivity index (χ2n) is 8.34. The van der Waals surface area contributed by atoms with Gasteiger partial charge < -0.3 is 4.42 Å². The third kappa shape index (κ3) is 3.29. The molecule has 0 spiro atoms. The van der Waals surface area contributed by atoms with Crippen LogP contribution in [-0.4, -0.2) is 0 Å². The minimum Gasteiger partial charge on any atom is -0.456 e. The van der Waals surface area contributed by atoms with Crippen LogP contribution >= 0.6 is 0 Å². The van der Waals surface area contributed by atoms with Gasteiger partial charge in [-0.1, -0.05) is 90.5 Å². The molecule has 0 aliphatic carbocycles. The zero-order valence-electron chi connectivity index (χ0n) is 17.9. The normalized spacial score (nSPS) is 11.3. The van der Waals surface area contributed by atoms with E-state index >= 15 is 0 Å². The van der Waals surface area contributed by atoms with E-state index < -0.39 is 0 Å². The number of furan rings is 1. The monoisotopic (exact) mass is 410 g/mol. The Balaban J connectivity index is 1.40. The lowest BCUT2D eigenvalue weighted by atomic mass is 9.96. The first-order valence-electron chi connectivity index (χ1n) is 10.9. The Morgan fingerprint density at radius 1 is 0.406 bits per heavy atom. The number of benzene rings is 5. The van der Waals surface area contributed by atoms with Gasteiger partial charge in [-0.05, 0) is 70.6 Å². The largest absolute Gasteiger partial charge is 0.456 e. The van der Waals surface area contributed by atoms with Gasteiger partial charge in [-0.15, -0.1) is 0 Å². The lowest BCUT2D eigenvalue weighted by molar-refractivity contribution is 0.669. The molecule has 0 N–H and O–H groups in total. The van der Waals surface area contributed by atoms with Crippen molar-refractivity contribution < 1.29 is 4.42 Å². The van der Waals surface area contributed by atoms with E-state index in [2.05, 4.69) is 110 Å². The smallest absolute Gasteiger partial charge is 0.136 e. The van der Waals surface area contributed by atoms with Crippen molar-refractivity contribution in [2.75, 3.05) is 0 Å². The van der Waals surface area contributed by atoms with Crippen molar-refractivity contribution >= 4 is 21.9 Å². The van der Waals surface area contributed by atoms with Gasteiger partial charge in [0.1, 0.15) is 11.2 Å². The van der Waals surface area contributed by atoms with E-state index in [-0.39, 0.29) is 0 Å². The van der Waals surface area contributed by atoms with Crippen molar-refractivity contribution in [1.29, 1.82) is 0 Å². The summed E-state index contributed by atoms with van der Waals surface area (Å²) < 4.78 is 6.10. The van der Waals surface area contributed by atoms with Gasteiger partial charge in [-0.25, -0.2) is 0 Å². The van der Waals surface area contributed by atoms with Gasteiger partial charge in [-0.3, -0.25) is 0 Å². The van der Waals surface area contributed by atoms with Gasteiger partial charge in [0.25, 0.3) is 0 Å². The molecule has 1 nitrogen and oxygen atoms in total. The summed E-state index contributed by atoms with van der Waals surface area (Å²) in [5, 5.41) is 2.32. The van der Waals surface area contributed by atoms with Gasteiger partial charge >= 0.3 is 0 Å². The molecule has 6 rings (SSSR count). The van der Waals surface area contributed by atoms with E-state index in [0.717, 1.165) is 27.5 Å². The van der Waals surface area contributed by atoms with Crippen molar-refractivity contribution in [1.82, 2.24) is 0 Å². The SMILES string of the molecule is Cc1ccc(-c2cccc(-c3cccc(-c4ccc5c(c4)oc4ccccc45)c3)c2)cc1. The summed E-state index contributed by atoms with van der Waals surface area (Å²) in [5.41, 5.74) is 10.4. The van der Waals surface area contributed by atoms with Crippen LogP contribution in [0.2, 0.25) is 0 Å². The molecule has 1 heterocycles. The Labute approximate surface area is 187 Å². The summed E-state index contributed by atoms with van der Waals surface area (Å²) in [6.07, 6.45) is 0. The Bertz CT molecular complexity index is 1570. The Kier molecular flexibility index (Phi) is 4.40. The van der Waals surface area contributed by atoms with Crippen molar-refractivity contribution in [3.63, 3.8) is 0 Å². The summed E-state index contributed by atoms with van der Waals surface area (Å²) in [6, 6.07) is 40.9. The fourth-order valence-electron chi connectivity index (χ4n) is 4.41. The van der Waals surface area contributed by atoms with Gasteiger partial charge in [0.15, 0.2) is 0 Å². The summed E-state index contributed by atoms with van der Waals surface area (Å²) in [5.74, 6) is 0. The van der Waals surface area contributed by atoms with Crippen molar-refractivity contribution in [3.05, 3.63) is 121 Å². The number of aryl methyl sites for hydroxylation is 1. The lowest BCUT2D eigenvalue weighted by Gasteiger charge is -2.09. The van der Waals surface area contributed by atoms with E-state index in [1.807, 2.05) is 12.1 Å². The maximum absolute atomic E-state index is 6.10. The predicted molar refractivity (Wildman–Crippen MR) is 135 cm³/mol. The van der Waals surface area contributed by atoms with Gasteiger partial charge in [0, 0.05) is 10.8 Å². The Morgan fingerprint density at radius 3 is 1.62 bits per heavy atom. The fraction of sp³-hybridized carbons (Fsp3) is 0.0323. The summed E-state index contributed by atoms with van der Waals surface area (Å²) in [6.45, 7) is 2.12. The highest BCUT2D eigenvalue weighted by Crippen LogP contribution is 2.34. The van der Waals surface area contributed by atoms with Crippen LogP contribution in [0.3, 0.4) is 0 Å². The molecule has 0 saturated carbocycles. The highest BCUT2D eigenvalue weighted by Gasteiger charge is 2.09. The zero-order chi connectivity index (χ0) is 21.5. The first-order chi connectivity index (χ1) is 15.7. The molecule has 1 heteroatoms. The number of rotatable bonds is 3. The minimum absolute atomic E-state index is 0.926. The van der Waals surface area contributed by atoms with Gasteiger partial charge in [-0.2, -0.15) is 0 Å². The van der Waals surface area contributed by atoms with Crippen LogP contribution in [-0.2, 0) is 0 Å². The standard InChI is InChI=1S/C31H22O/c1-21-12-14-22(15-13-21)23-6-4-7-24(18-23)25-8-5-9-26(19-25)27-16-17-29-28-10-2-3-11-30(28)32-31(29)20-27/h2-20H,1H3. The summed E-state index contributed by atoms with van der Waals surface area (Å²) in [4.78, 5) is 0. The van der Waals surface area contributed by atoms with Crippen molar-refractivity contribution in [2.45, 2.75) is 6.92 Å². The molecule has 0 bridgehead atoms. The minimum atomic E-state index is 0.926. The first-order valence-corrected chi connectivity index (χ1v) is 10.9. The average Bonchev–Trinajstić information content (AvgIpc) is 3.22. The van der Waals surface area contributed by atoms with Gasteiger partial charge in [0.05, 0.1) is 0 Å². The molecule has 6 aromatic rings. The molecule has 5 aromatic carbocycles. The number of para-hydroxylation sites is 1. The Morgan fingerprint density at radius 2 is 0.938 bits per heavy atom. The molecule has 0 aliphatic rings.